The monoisotopic (exact) mass is 909 g/mol. The summed E-state index contributed by atoms with van der Waals surface area (Å²) >= 11 is 5.58. The third kappa shape index (κ3) is 11.3. The van der Waals surface area contributed by atoms with Crippen molar-refractivity contribution in [1.29, 1.82) is 0 Å². The Labute approximate surface area is 379 Å². The zero-order valence-corrected chi connectivity index (χ0v) is 40.2. The topological polar surface area (TPSA) is 201 Å². The van der Waals surface area contributed by atoms with Gasteiger partial charge >= 0.3 is 5.97 Å². The first-order valence-electron chi connectivity index (χ1n) is 22.7. The van der Waals surface area contributed by atoms with Crippen LogP contribution in [-0.4, -0.2) is 172 Å². The fourth-order valence-electron chi connectivity index (χ4n) is 10.2. The lowest BCUT2D eigenvalue weighted by Gasteiger charge is -2.47. The minimum absolute atomic E-state index is 0.100. The number of benzene rings is 1. The molecule has 3 unspecified atom stereocenters. The van der Waals surface area contributed by atoms with Crippen LogP contribution >= 0.6 is 12.2 Å². The third-order valence-corrected chi connectivity index (χ3v) is 14.6. The Morgan fingerprint density at radius 2 is 1.67 bits per heavy atom. The quantitative estimate of drug-likeness (QED) is 0.140. The van der Waals surface area contributed by atoms with Crippen LogP contribution in [0.15, 0.2) is 30.3 Å². The summed E-state index contributed by atoms with van der Waals surface area (Å²) in [5.41, 5.74) is -5.11. The zero-order valence-electron chi connectivity index (χ0n) is 39.4. The number of ketones is 1. The molecule has 0 radical (unpaired) electrons. The average molecular weight is 909 g/mol. The van der Waals surface area contributed by atoms with Gasteiger partial charge in [0.05, 0.1) is 41.5 Å². The molecule has 0 aromatic heterocycles. The van der Waals surface area contributed by atoms with Gasteiger partial charge in [-0.3, -0.25) is 19.4 Å². The van der Waals surface area contributed by atoms with Crippen LogP contribution in [0, 0.1) is 17.8 Å². The van der Waals surface area contributed by atoms with E-state index in [1.165, 1.54) is 14.0 Å². The van der Waals surface area contributed by atoms with Gasteiger partial charge in [0.25, 0.3) is 0 Å². The maximum atomic E-state index is 14.5. The zero-order chi connectivity index (χ0) is 46.8. The van der Waals surface area contributed by atoms with Crippen molar-refractivity contribution in [3.8, 4) is 0 Å². The van der Waals surface area contributed by atoms with E-state index in [1.807, 2.05) is 81.9 Å². The highest BCUT2D eigenvalue weighted by Crippen LogP contribution is 2.61. The fourth-order valence-corrected chi connectivity index (χ4v) is 10.5. The molecule has 0 spiro atoms. The molecule has 358 valence electrons. The number of para-hydroxylation sites is 1. The van der Waals surface area contributed by atoms with Crippen molar-refractivity contribution in [2.24, 2.45) is 17.8 Å². The maximum Gasteiger partial charge on any atom is 0.311 e. The summed E-state index contributed by atoms with van der Waals surface area (Å²) in [5.74, 6) is -3.07. The Kier molecular flexibility index (Phi) is 16.9. The number of nitrogens with zero attached hydrogens (tertiary/aromatic N) is 2. The second-order valence-electron chi connectivity index (χ2n) is 19.5. The van der Waals surface area contributed by atoms with E-state index in [-0.39, 0.29) is 43.5 Å². The van der Waals surface area contributed by atoms with Crippen LogP contribution in [0.4, 0.5) is 5.69 Å². The summed E-state index contributed by atoms with van der Waals surface area (Å²) in [6.07, 6.45) is -6.82. The normalized spacial score (nSPS) is 43.3. The van der Waals surface area contributed by atoms with Gasteiger partial charge in [-0.15, -0.1) is 0 Å². The van der Waals surface area contributed by atoms with Gasteiger partial charge in [-0.05, 0) is 105 Å². The van der Waals surface area contributed by atoms with Gasteiger partial charge in [-0.1, -0.05) is 39.0 Å². The van der Waals surface area contributed by atoms with Crippen LogP contribution in [0.25, 0.3) is 0 Å². The number of likely N-dealkylation sites (N-methyl/N-ethyl adjacent to an activating group) is 1. The second kappa shape index (κ2) is 20.6. The molecule has 4 fully saturated rings. The van der Waals surface area contributed by atoms with E-state index in [2.05, 4.69) is 10.6 Å². The molecule has 0 amide bonds. The lowest BCUT2D eigenvalue weighted by atomic mass is 9.83. The highest BCUT2D eigenvalue weighted by atomic mass is 32.1. The number of anilines is 1. The first-order valence-corrected chi connectivity index (χ1v) is 23.1. The summed E-state index contributed by atoms with van der Waals surface area (Å²) in [6.45, 7) is 17.0. The Balaban J connectivity index is 1.54. The molecular weight excluding hydrogens is 833 g/mol. The maximum absolute atomic E-state index is 14.5. The molecule has 6 N–H and O–H groups in total. The Hall–Kier alpha value is -2.39. The van der Waals surface area contributed by atoms with Crippen LogP contribution in [0.2, 0.25) is 0 Å². The number of thiocarbonyl (C=S) groups is 1. The third-order valence-electron chi connectivity index (χ3n) is 14.4. The molecule has 1 aromatic rings. The summed E-state index contributed by atoms with van der Waals surface area (Å²) in [6, 6.07) is 8.39. The number of methoxy groups -OCH3 is 1. The van der Waals surface area contributed by atoms with Crippen LogP contribution < -0.4 is 10.6 Å². The second-order valence-corrected chi connectivity index (χ2v) is 19.9. The van der Waals surface area contributed by atoms with Crippen molar-refractivity contribution in [2.75, 3.05) is 46.2 Å². The number of carbonyl (C=O) groups is 2. The first-order chi connectivity index (χ1) is 29.4. The van der Waals surface area contributed by atoms with E-state index in [0.29, 0.717) is 31.2 Å². The summed E-state index contributed by atoms with van der Waals surface area (Å²) in [4.78, 5) is 32.5. The molecule has 16 nitrogen and oxygen atoms in total. The Morgan fingerprint density at radius 3 is 2.29 bits per heavy atom. The number of ether oxygens (including phenoxy) is 6. The van der Waals surface area contributed by atoms with Crippen molar-refractivity contribution < 1.29 is 58.4 Å². The van der Waals surface area contributed by atoms with E-state index >= 15 is 0 Å². The van der Waals surface area contributed by atoms with Crippen LogP contribution in [0.5, 0.6) is 0 Å². The predicted molar refractivity (Wildman–Crippen MR) is 241 cm³/mol. The molecule has 1 saturated carbocycles. The molecule has 3 aliphatic heterocycles. The van der Waals surface area contributed by atoms with E-state index in [0.717, 1.165) is 5.69 Å². The lowest BCUT2D eigenvalue weighted by Crippen LogP contribution is -2.60. The van der Waals surface area contributed by atoms with E-state index in [1.54, 1.807) is 27.7 Å². The van der Waals surface area contributed by atoms with Crippen molar-refractivity contribution in [2.45, 2.75) is 178 Å². The van der Waals surface area contributed by atoms with Gasteiger partial charge in [0, 0.05) is 57.2 Å². The van der Waals surface area contributed by atoms with Gasteiger partial charge in [0.2, 0.25) is 12.1 Å². The molecule has 63 heavy (non-hydrogen) atoms. The Morgan fingerprint density at radius 1 is 1.00 bits per heavy atom. The van der Waals surface area contributed by atoms with Gasteiger partial charge in [-0.2, -0.15) is 0 Å². The minimum Gasteiger partial charge on any atom is -0.459 e. The van der Waals surface area contributed by atoms with E-state index in [9.17, 15) is 30.0 Å². The first kappa shape index (κ1) is 51.6. The number of Topliss-reactive ketones (excluding diaryl/α,β-unsaturated/α-hetero) is 1. The van der Waals surface area contributed by atoms with Crippen LogP contribution in [0.1, 0.15) is 94.4 Å². The number of aliphatic hydroxyl groups is 4. The molecule has 17 heteroatoms. The summed E-state index contributed by atoms with van der Waals surface area (Å²) in [7, 11) is 5.17. The molecule has 3 heterocycles. The number of rotatable bonds is 11. The molecule has 17 atom stereocenters. The fraction of sp³-hybridized carbons (Fsp3) is 0.804. The molecule has 5 rings (SSSR count). The van der Waals surface area contributed by atoms with Crippen LogP contribution in [0.3, 0.4) is 0 Å². The number of cyclic esters (lactones) is 1. The largest absolute Gasteiger partial charge is 0.459 e. The molecular formula is C46H76N4O12S. The van der Waals surface area contributed by atoms with Crippen LogP contribution in [-0.2, 0) is 38.0 Å². The highest BCUT2D eigenvalue weighted by molar-refractivity contribution is 7.80. The van der Waals surface area contributed by atoms with E-state index < -0.39 is 95.4 Å². The number of hydrogen-bond acceptors (Lipinski definition) is 15. The number of carbonyl (C=O) groups excluding carboxylic acids is 2. The SMILES string of the molecule is CC[C@H]1OC(=O)[C@H](C)[C@@H](O[C@H]2C[C@@](C)(OC)[C@@H](O)C(C)O2)[C@H](C)[C@]2(O[C@@H]3O[C@H](C)C[C@H](N(C)C)C3=O)C[C@@]2(O)C[C@@H](C)CN(CCNC(=S)Nc2ccccc2)C(C)C(O)[C@]1(C)O. The smallest absolute Gasteiger partial charge is 0.311 e. The average Bonchev–Trinajstić information content (AvgIpc) is 3.82. The van der Waals surface area contributed by atoms with Gasteiger partial charge in [0.1, 0.15) is 29.5 Å². The van der Waals surface area contributed by atoms with Crippen molar-refractivity contribution in [3.05, 3.63) is 30.3 Å². The van der Waals surface area contributed by atoms with Gasteiger partial charge < -0.3 is 59.5 Å². The number of aliphatic hydroxyl groups excluding tert-OH is 2. The standard InChI is InChI=1S/C46H76N4O12S/c1-13-34-44(9,55)38(52)30(6)50(20-19-47-42(63)48-32-17-15-14-16-18-32)24-26(2)22-45(56)25-46(45,62-41-36(51)33(49(10)11)21-27(3)58-41)29(5)37(28(4)40(54)60-34)61-35-23-43(8,57-12)39(53)31(7)59-35/h14-18,26-31,33-35,37-39,41,52-53,55-56H,13,19-25H2,1-12H3,(H2,47,48,63)/t26-,27-,28-,29+,30?,31?,33+,34-,35+,37-,38?,39+,41+,43-,44-,45+,46-/m1/s1. The Bertz CT molecular complexity index is 1710. The lowest BCUT2D eigenvalue weighted by molar-refractivity contribution is -0.304. The highest BCUT2D eigenvalue weighted by Gasteiger charge is 2.74. The number of esters is 1. The molecule has 1 aromatic carbocycles. The molecule has 4 aliphatic rings. The number of hydrogen-bond donors (Lipinski definition) is 6. The molecule has 3 saturated heterocycles. The predicted octanol–water partition coefficient (Wildman–Crippen LogP) is 3.22. The van der Waals surface area contributed by atoms with Crippen molar-refractivity contribution in [1.82, 2.24) is 15.1 Å². The molecule has 1 aliphatic carbocycles. The van der Waals surface area contributed by atoms with Crippen molar-refractivity contribution >= 4 is 34.8 Å². The van der Waals surface area contributed by atoms with Gasteiger partial charge in [-0.25, -0.2) is 0 Å². The van der Waals surface area contributed by atoms with E-state index in [4.69, 9.17) is 40.6 Å². The minimum atomic E-state index is -1.90. The molecule has 0 bridgehead atoms. The summed E-state index contributed by atoms with van der Waals surface area (Å²) < 4.78 is 38.1. The number of fused-ring (bicyclic) bond motifs is 1. The summed E-state index contributed by atoms with van der Waals surface area (Å²) in [5, 5.41) is 54.9. The van der Waals surface area contributed by atoms with Crippen molar-refractivity contribution in [3.63, 3.8) is 0 Å². The number of nitrogens with one attached hydrogen (secondary N) is 2. The van der Waals surface area contributed by atoms with Gasteiger partial charge in [0.15, 0.2) is 11.4 Å².